The molecule has 0 aromatic carbocycles. The number of carbonyl (C=O) groups excluding carboxylic acids is 3. The molecule has 0 heterocycles. The number of hydrogen-bond acceptors (Lipinski definition) is 5. The summed E-state index contributed by atoms with van der Waals surface area (Å²) in [6.45, 7) is 2.19. The molecule has 0 aromatic rings. The Hall–Kier alpha value is -2.45. The predicted molar refractivity (Wildman–Crippen MR) is 134 cm³/mol. The van der Waals surface area contributed by atoms with Crippen LogP contribution in [0.2, 0.25) is 0 Å². The summed E-state index contributed by atoms with van der Waals surface area (Å²) < 4.78 is 0. The molecule has 0 aliphatic heterocycles. The van der Waals surface area contributed by atoms with Crippen molar-refractivity contribution >= 4 is 30.0 Å². The highest BCUT2D eigenvalue weighted by Gasteiger charge is 2.21. The van der Waals surface area contributed by atoms with Crippen LogP contribution in [0.25, 0.3) is 0 Å². The lowest BCUT2D eigenvalue weighted by Crippen LogP contribution is -2.41. The molecule has 9 heteroatoms. The van der Waals surface area contributed by atoms with Gasteiger partial charge in [0.1, 0.15) is 12.0 Å². The average molecular weight is 498 g/mol. The zero-order valence-electron chi connectivity index (χ0n) is 21.3. The highest BCUT2D eigenvalue weighted by molar-refractivity contribution is 5.86. The SMILES string of the molecule is CCCCCCCCCCCCCCCC(=O)N[C@@H](CCC(=O)NCCC([C]=O)C(=O)O)C(=O)O. The minimum Gasteiger partial charge on any atom is -0.481 e. The first-order chi connectivity index (χ1) is 16.8. The van der Waals surface area contributed by atoms with Crippen molar-refractivity contribution in [3.8, 4) is 0 Å². The molecule has 1 unspecified atom stereocenters. The molecule has 2 atom stereocenters. The Morgan fingerprint density at radius 1 is 0.686 bits per heavy atom. The molecule has 1 radical (unpaired) electrons. The van der Waals surface area contributed by atoms with E-state index in [2.05, 4.69) is 17.6 Å². The Balaban J connectivity index is 3.85. The third kappa shape index (κ3) is 19.5. The summed E-state index contributed by atoms with van der Waals surface area (Å²) in [5, 5.41) is 23.0. The fourth-order valence-electron chi connectivity index (χ4n) is 3.78. The van der Waals surface area contributed by atoms with E-state index in [1.165, 1.54) is 64.1 Å². The molecule has 0 fully saturated rings. The lowest BCUT2D eigenvalue weighted by atomic mass is 10.0. The van der Waals surface area contributed by atoms with E-state index >= 15 is 0 Å². The zero-order valence-corrected chi connectivity index (χ0v) is 21.3. The normalized spacial score (nSPS) is 12.5. The van der Waals surface area contributed by atoms with E-state index in [9.17, 15) is 29.1 Å². The third-order valence-electron chi connectivity index (χ3n) is 6.00. The first-order valence-electron chi connectivity index (χ1n) is 13.2. The smallest absolute Gasteiger partial charge is 0.326 e. The van der Waals surface area contributed by atoms with Crippen molar-refractivity contribution < 1.29 is 34.2 Å². The van der Waals surface area contributed by atoms with Crippen molar-refractivity contribution in [3.05, 3.63) is 0 Å². The van der Waals surface area contributed by atoms with E-state index in [4.69, 9.17) is 5.11 Å². The van der Waals surface area contributed by atoms with Crippen LogP contribution in [-0.4, -0.2) is 52.8 Å². The van der Waals surface area contributed by atoms with Crippen LogP contribution in [0, 0.1) is 5.92 Å². The topological polar surface area (TPSA) is 150 Å². The molecule has 4 N–H and O–H groups in total. The highest BCUT2D eigenvalue weighted by Crippen LogP contribution is 2.13. The van der Waals surface area contributed by atoms with Crippen LogP contribution in [0.1, 0.15) is 116 Å². The summed E-state index contributed by atoms with van der Waals surface area (Å²) in [4.78, 5) is 56.5. The van der Waals surface area contributed by atoms with Gasteiger partial charge >= 0.3 is 11.9 Å². The van der Waals surface area contributed by atoms with Gasteiger partial charge in [0.2, 0.25) is 18.1 Å². The first-order valence-corrected chi connectivity index (χ1v) is 13.2. The van der Waals surface area contributed by atoms with Crippen LogP contribution in [0.5, 0.6) is 0 Å². The van der Waals surface area contributed by atoms with Crippen LogP contribution < -0.4 is 10.6 Å². The molecule has 2 amide bonds. The zero-order chi connectivity index (χ0) is 26.3. The van der Waals surface area contributed by atoms with E-state index in [0.717, 1.165) is 19.3 Å². The summed E-state index contributed by atoms with van der Waals surface area (Å²) in [6.07, 6.45) is 16.9. The Labute approximate surface area is 209 Å². The van der Waals surface area contributed by atoms with Crippen molar-refractivity contribution in [1.82, 2.24) is 10.6 Å². The van der Waals surface area contributed by atoms with E-state index in [0.29, 0.717) is 6.42 Å². The maximum absolute atomic E-state index is 12.1. The molecular weight excluding hydrogens is 452 g/mol. The second-order valence-corrected chi connectivity index (χ2v) is 9.14. The molecule has 35 heavy (non-hydrogen) atoms. The van der Waals surface area contributed by atoms with Crippen molar-refractivity contribution in [1.29, 1.82) is 0 Å². The molecule has 0 aliphatic rings. The second kappa shape index (κ2) is 22.0. The van der Waals surface area contributed by atoms with Crippen molar-refractivity contribution in [2.24, 2.45) is 5.92 Å². The summed E-state index contributed by atoms with van der Waals surface area (Å²) >= 11 is 0. The van der Waals surface area contributed by atoms with Gasteiger partial charge in [-0.15, -0.1) is 0 Å². The van der Waals surface area contributed by atoms with Gasteiger partial charge in [0.15, 0.2) is 0 Å². The van der Waals surface area contributed by atoms with E-state index in [1.54, 1.807) is 0 Å². The molecule has 0 rings (SSSR count). The number of nitrogens with one attached hydrogen (secondary N) is 2. The van der Waals surface area contributed by atoms with Crippen molar-refractivity contribution in [2.45, 2.75) is 122 Å². The first kappa shape index (κ1) is 32.5. The number of carboxylic acids is 2. The number of hydrogen-bond donors (Lipinski definition) is 4. The standard InChI is InChI=1S/C26H45N2O7/c1-2-3-4-5-6-7-8-9-10-11-12-13-14-15-24(31)28-22(26(34)35)16-17-23(30)27-19-18-21(20-29)25(32)33/h21-22H,2-19H2,1H3,(H,27,30)(H,28,31)(H,32,33)(H,34,35)/t21?,22-/m0/s1. The minimum atomic E-state index is -1.31. The molecule has 0 saturated carbocycles. The molecular formula is C26H45N2O7. The van der Waals surface area contributed by atoms with Gasteiger partial charge in [-0.3, -0.25) is 19.2 Å². The number of carboxylic acid groups (broad SMARTS) is 2. The maximum Gasteiger partial charge on any atom is 0.326 e. The van der Waals surface area contributed by atoms with Crippen LogP contribution in [0.15, 0.2) is 0 Å². The molecule has 0 aliphatic carbocycles. The second-order valence-electron chi connectivity index (χ2n) is 9.14. The summed E-state index contributed by atoms with van der Waals surface area (Å²) in [6, 6.07) is -1.16. The van der Waals surface area contributed by atoms with Gasteiger partial charge in [-0.25, -0.2) is 4.79 Å². The van der Waals surface area contributed by atoms with Crippen LogP contribution in [0.3, 0.4) is 0 Å². The van der Waals surface area contributed by atoms with Crippen molar-refractivity contribution in [3.63, 3.8) is 0 Å². The number of amides is 2. The van der Waals surface area contributed by atoms with Gasteiger partial charge in [0, 0.05) is 19.4 Å². The molecule has 0 spiro atoms. The summed E-state index contributed by atoms with van der Waals surface area (Å²) in [7, 11) is 0. The molecule has 0 saturated heterocycles. The Morgan fingerprint density at radius 2 is 1.20 bits per heavy atom. The lowest BCUT2D eigenvalue weighted by Gasteiger charge is -2.14. The summed E-state index contributed by atoms with van der Waals surface area (Å²) in [5.41, 5.74) is 0. The van der Waals surface area contributed by atoms with Crippen LogP contribution in [0.4, 0.5) is 0 Å². The third-order valence-corrected chi connectivity index (χ3v) is 6.00. The lowest BCUT2D eigenvalue weighted by molar-refractivity contribution is -0.142. The fraction of sp³-hybridized carbons (Fsp3) is 0.808. The average Bonchev–Trinajstić information content (AvgIpc) is 2.81. The van der Waals surface area contributed by atoms with Gasteiger partial charge in [0.05, 0.1) is 0 Å². The van der Waals surface area contributed by atoms with Gasteiger partial charge < -0.3 is 20.8 Å². The number of aliphatic carboxylic acids is 2. The Morgan fingerprint density at radius 3 is 1.66 bits per heavy atom. The number of rotatable bonds is 24. The van der Waals surface area contributed by atoms with Gasteiger partial charge in [-0.2, -0.15) is 0 Å². The minimum absolute atomic E-state index is 0.0335. The van der Waals surface area contributed by atoms with Gasteiger partial charge in [-0.05, 0) is 19.3 Å². The fourth-order valence-corrected chi connectivity index (χ4v) is 3.78. The van der Waals surface area contributed by atoms with Gasteiger partial charge in [-0.1, -0.05) is 84.0 Å². The van der Waals surface area contributed by atoms with E-state index in [1.807, 2.05) is 0 Å². The molecule has 0 bridgehead atoms. The quantitative estimate of drug-likeness (QED) is 0.116. The highest BCUT2D eigenvalue weighted by atomic mass is 16.4. The van der Waals surface area contributed by atoms with E-state index < -0.39 is 29.8 Å². The van der Waals surface area contributed by atoms with Crippen LogP contribution in [-0.2, 0) is 24.0 Å². The number of carbonyl (C=O) groups is 4. The maximum atomic E-state index is 12.1. The monoisotopic (exact) mass is 497 g/mol. The Bertz CT molecular complexity index is 625. The molecule has 0 aromatic heterocycles. The molecule has 9 nitrogen and oxygen atoms in total. The number of unbranched alkanes of at least 4 members (excludes halogenated alkanes) is 12. The van der Waals surface area contributed by atoms with E-state index in [-0.39, 0.29) is 38.1 Å². The molecule has 201 valence electrons. The summed E-state index contributed by atoms with van der Waals surface area (Å²) in [5.74, 6) is -4.65. The largest absolute Gasteiger partial charge is 0.481 e. The predicted octanol–water partition coefficient (Wildman–Crippen LogP) is 4.13. The Kier molecular flexibility index (Phi) is 20.5. The van der Waals surface area contributed by atoms with Gasteiger partial charge in [0.25, 0.3) is 0 Å². The van der Waals surface area contributed by atoms with Crippen LogP contribution >= 0.6 is 0 Å². The van der Waals surface area contributed by atoms with Crippen molar-refractivity contribution in [2.75, 3.05) is 6.54 Å².